The molecule has 17 heteroatoms. The Hall–Kier alpha value is 1.63. The number of aliphatic hydroxyl groups excluding tert-OH is 1. The molecule has 0 amide bonds. The molecule has 8 nitrogen and oxygen atoms in total. The predicted molar refractivity (Wildman–Crippen MR) is 190 cm³/mol. The molecule has 0 aromatic rings. The fraction of sp³-hybridized carbons (Fsp3) is 1.00. The summed E-state index contributed by atoms with van der Waals surface area (Å²) in [5.74, 6) is 0. The van der Waals surface area contributed by atoms with E-state index in [1.54, 1.807) is 0 Å². The minimum absolute atomic E-state index is 0.119. The number of rotatable bonds is 15. The zero-order valence-corrected chi connectivity index (χ0v) is 38.5. The maximum Gasteiger partial charge on any atom is 0.636 e. The second-order valence-electron chi connectivity index (χ2n) is 16.8. The average Bonchev–Trinajstić information content (AvgIpc) is 2.41. The first-order chi connectivity index (χ1) is 16.5. The van der Waals surface area contributed by atoms with Gasteiger partial charge >= 0.3 is 17.9 Å². The lowest BCUT2D eigenvalue weighted by atomic mass is 11.7. The molecular weight excluding hydrogens is 645 g/mol. The molecule has 0 spiro atoms. The Morgan fingerprint density at radius 3 is 0.564 bits per heavy atom. The first-order valence-electron chi connectivity index (χ1n) is 14.0. The monoisotopic (exact) mass is 710 g/mol. The van der Waals surface area contributed by atoms with Gasteiger partial charge in [0.05, 0.1) is 0 Å². The third-order valence-electron chi connectivity index (χ3n) is 3.30. The summed E-state index contributed by atoms with van der Waals surface area (Å²) in [4.78, 5) is 0. The summed E-state index contributed by atoms with van der Waals surface area (Å²) in [6.45, 7) is 45.0. The van der Waals surface area contributed by atoms with Gasteiger partial charge in [0, 0.05) is 0 Å². The van der Waals surface area contributed by atoms with E-state index >= 15 is 0 Å². The highest BCUT2D eigenvalue weighted by Crippen LogP contribution is 2.29. The van der Waals surface area contributed by atoms with Crippen LogP contribution in [0.5, 0.6) is 0 Å². The second kappa shape index (κ2) is 14.6. The summed E-state index contributed by atoms with van der Waals surface area (Å²) in [5.41, 5.74) is 0. The van der Waals surface area contributed by atoms with E-state index in [0.717, 1.165) is 0 Å². The summed E-state index contributed by atoms with van der Waals surface area (Å²) in [6.07, 6.45) is -0.119. The molecule has 0 bridgehead atoms. The molecule has 0 aliphatic heterocycles. The third kappa shape index (κ3) is 25.8. The first kappa shape index (κ1) is 42.8. The fourth-order valence-electron chi connectivity index (χ4n) is 3.18. The number of hydrogen-bond donors (Lipinski definition) is 1. The van der Waals surface area contributed by atoms with E-state index in [-0.39, 0.29) is 6.23 Å². The van der Waals surface area contributed by atoms with E-state index < -0.39 is 76.1 Å². The van der Waals surface area contributed by atoms with Crippen molar-refractivity contribution in [3.05, 3.63) is 0 Å². The first-order valence-corrected chi connectivity index (χ1v) is 41.5. The number of aliphatic hydroxyl groups is 1. The lowest BCUT2D eigenvalue weighted by Crippen LogP contribution is -2.65. The quantitative estimate of drug-likeness (QED) is 0.172. The zero-order chi connectivity index (χ0) is 32.2. The molecular formula is C22H66O8Si9. The summed E-state index contributed by atoms with van der Waals surface area (Å²) < 4.78 is 44.4. The molecule has 238 valence electrons. The highest BCUT2D eigenvalue weighted by Gasteiger charge is 2.55. The van der Waals surface area contributed by atoms with Crippen LogP contribution in [0.25, 0.3) is 0 Å². The van der Waals surface area contributed by atoms with Crippen LogP contribution in [0.2, 0.25) is 137 Å². The maximum atomic E-state index is 9.82. The standard InChI is InChI=1S/C12H36O4Si5.C10H30O4Si4/c1-17(2,3)13-21(14-18(4,5)6,15-19(7,8)9)16-20(10,11)12;1-15(2,3)12-18(10-11,13-16(4,5)6)14-17(7,8)9/h1-12H3;11H,10H2,1-9H3. The third-order valence-corrected chi connectivity index (χ3v) is 28.6. The van der Waals surface area contributed by atoms with Gasteiger partial charge in [-0.2, -0.15) is 0 Å². The van der Waals surface area contributed by atoms with Gasteiger partial charge in [0.1, 0.15) is 6.23 Å². The SMILES string of the molecule is C[Si](C)(C)O[Si](CO)(O[Si](C)(C)C)O[Si](C)(C)C.C[Si](C)(C)O[Si](O[Si](C)(C)C)(O[Si](C)(C)C)O[Si](C)(C)C. The van der Waals surface area contributed by atoms with Crippen molar-refractivity contribution in [1.82, 2.24) is 0 Å². The Labute approximate surface area is 252 Å². The highest BCUT2D eigenvalue weighted by molar-refractivity contribution is 6.92. The Bertz CT molecular complexity index is 613. The van der Waals surface area contributed by atoms with E-state index in [1.807, 2.05) is 0 Å². The molecule has 39 heavy (non-hydrogen) atoms. The Morgan fingerprint density at radius 2 is 0.462 bits per heavy atom. The van der Waals surface area contributed by atoms with Crippen molar-refractivity contribution in [2.24, 2.45) is 0 Å². The molecule has 0 saturated carbocycles. The van der Waals surface area contributed by atoms with E-state index in [0.29, 0.717) is 0 Å². The minimum atomic E-state index is -3.09. The lowest BCUT2D eigenvalue weighted by Gasteiger charge is -2.43. The van der Waals surface area contributed by atoms with Gasteiger partial charge < -0.3 is 33.9 Å². The van der Waals surface area contributed by atoms with Gasteiger partial charge in [-0.05, 0) is 137 Å². The van der Waals surface area contributed by atoms with Crippen molar-refractivity contribution in [3.63, 3.8) is 0 Å². The summed E-state index contributed by atoms with van der Waals surface area (Å²) >= 11 is 0. The van der Waals surface area contributed by atoms with Crippen LogP contribution in [0.15, 0.2) is 0 Å². The van der Waals surface area contributed by atoms with Crippen LogP contribution in [-0.4, -0.2) is 87.4 Å². The molecule has 0 unspecified atom stereocenters. The van der Waals surface area contributed by atoms with E-state index in [1.165, 1.54) is 0 Å². The van der Waals surface area contributed by atoms with E-state index in [4.69, 9.17) is 28.8 Å². The van der Waals surface area contributed by atoms with Crippen LogP contribution >= 0.6 is 0 Å². The van der Waals surface area contributed by atoms with Crippen LogP contribution in [0.3, 0.4) is 0 Å². The minimum Gasteiger partial charge on any atom is -0.416 e. The molecule has 0 rings (SSSR count). The Kier molecular flexibility index (Phi) is 16.0. The molecule has 0 saturated heterocycles. The van der Waals surface area contributed by atoms with Gasteiger partial charge in [-0.15, -0.1) is 0 Å². The molecule has 0 aromatic heterocycles. The molecule has 1 N–H and O–H groups in total. The van der Waals surface area contributed by atoms with Crippen molar-refractivity contribution in [2.45, 2.75) is 137 Å². The van der Waals surface area contributed by atoms with Crippen molar-refractivity contribution in [2.75, 3.05) is 6.23 Å². The highest BCUT2D eigenvalue weighted by atomic mass is 28.5. The second-order valence-corrected chi connectivity index (χ2v) is 54.8. The van der Waals surface area contributed by atoms with E-state index in [2.05, 4.69) is 137 Å². The van der Waals surface area contributed by atoms with Crippen molar-refractivity contribution >= 4 is 76.1 Å². The molecule has 0 atom stereocenters. The number of hydrogen-bond acceptors (Lipinski definition) is 8. The fourth-order valence-corrected chi connectivity index (χ4v) is 32.0. The molecule has 0 radical (unpaired) electrons. The largest absolute Gasteiger partial charge is 0.636 e. The van der Waals surface area contributed by atoms with Crippen LogP contribution in [0, 0.1) is 0 Å². The van der Waals surface area contributed by atoms with E-state index in [9.17, 15) is 5.11 Å². The van der Waals surface area contributed by atoms with Gasteiger partial charge in [0.25, 0.3) is 0 Å². The van der Waals surface area contributed by atoms with Crippen LogP contribution < -0.4 is 0 Å². The Morgan fingerprint density at radius 1 is 0.308 bits per heavy atom. The summed E-state index contributed by atoms with van der Waals surface area (Å²) in [6, 6.07) is 0. The summed E-state index contributed by atoms with van der Waals surface area (Å²) in [7, 11) is -18.8. The molecule has 0 fully saturated rings. The molecule has 0 aromatic carbocycles. The lowest BCUT2D eigenvalue weighted by molar-refractivity contribution is 0.149. The van der Waals surface area contributed by atoms with Crippen LogP contribution in [0.1, 0.15) is 0 Å². The van der Waals surface area contributed by atoms with Gasteiger partial charge in [0.2, 0.25) is 0 Å². The Balaban J connectivity index is 0. The smallest absolute Gasteiger partial charge is 0.416 e. The van der Waals surface area contributed by atoms with Crippen LogP contribution in [-0.2, 0) is 28.8 Å². The zero-order valence-electron chi connectivity index (χ0n) is 29.5. The maximum absolute atomic E-state index is 9.82. The van der Waals surface area contributed by atoms with Crippen molar-refractivity contribution in [3.8, 4) is 0 Å². The van der Waals surface area contributed by atoms with Crippen LogP contribution in [0.4, 0.5) is 0 Å². The molecule has 0 heterocycles. The predicted octanol–water partition coefficient (Wildman–Crippen LogP) is 7.84. The normalized spacial score (nSPS) is 15.2. The van der Waals surface area contributed by atoms with Gasteiger partial charge in [-0.1, -0.05) is 0 Å². The van der Waals surface area contributed by atoms with Gasteiger partial charge in [0.15, 0.2) is 58.2 Å². The topological polar surface area (TPSA) is 84.8 Å². The average molecular weight is 712 g/mol. The van der Waals surface area contributed by atoms with Gasteiger partial charge in [-0.3, -0.25) is 0 Å². The van der Waals surface area contributed by atoms with Gasteiger partial charge in [-0.25, -0.2) is 0 Å². The summed E-state index contributed by atoms with van der Waals surface area (Å²) in [5, 5.41) is 9.82. The molecule has 0 aliphatic rings. The molecule has 0 aliphatic carbocycles. The van der Waals surface area contributed by atoms with Crippen molar-refractivity contribution in [1.29, 1.82) is 0 Å². The van der Waals surface area contributed by atoms with Crippen molar-refractivity contribution < 1.29 is 33.9 Å².